The van der Waals surface area contributed by atoms with Crippen molar-refractivity contribution in [2.75, 3.05) is 5.32 Å². The summed E-state index contributed by atoms with van der Waals surface area (Å²) >= 11 is 5.89. The minimum Gasteiger partial charge on any atom is -0.489 e. The molecule has 1 amide bonds. The molecule has 0 unspecified atom stereocenters. The molecule has 0 aliphatic rings. The molecule has 1 atom stereocenters. The first-order valence-electron chi connectivity index (χ1n) is 9.99. The van der Waals surface area contributed by atoms with Crippen LogP contribution in [-0.4, -0.2) is 23.1 Å². The van der Waals surface area contributed by atoms with Gasteiger partial charge in [-0.3, -0.25) is 4.79 Å². The molecule has 1 aromatic heterocycles. The largest absolute Gasteiger partial charge is 0.489 e. The van der Waals surface area contributed by atoms with Crippen LogP contribution in [0.15, 0.2) is 47.0 Å². The van der Waals surface area contributed by atoms with E-state index in [1.54, 1.807) is 26.0 Å². The van der Waals surface area contributed by atoms with Crippen molar-refractivity contribution in [3.8, 4) is 5.75 Å². The predicted octanol–water partition coefficient (Wildman–Crippen LogP) is 5.73. The Labute approximate surface area is 197 Å². The molecule has 0 bridgehead atoms. The maximum atomic E-state index is 12.9. The number of benzene rings is 2. The van der Waals surface area contributed by atoms with E-state index in [0.717, 1.165) is 17.7 Å². The number of anilines is 1. The van der Waals surface area contributed by atoms with Crippen LogP contribution in [0.1, 0.15) is 39.9 Å². The first kappa shape index (κ1) is 25.1. The fourth-order valence-electron chi connectivity index (χ4n) is 2.89. The molecule has 34 heavy (non-hydrogen) atoms. The van der Waals surface area contributed by atoms with Crippen LogP contribution in [0.25, 0.3) is 0 Å². The van der Waals surface area contributed by atoms with Crippen molar-refractivity contribution >= 4 is 29.2 Å². The average molecular weight is 497 g/mol. The Morgan fingerprint density at radius 3 is 2.56 bits per heavy atom. The molecular formula is C23H20ClF3N2O5. The Balaban J connectivity index is 1.63. The molecule has 0 aliphatic heterocycles. The molecule has 0 fully saturated rings. The topological polar surface area (TPSA) is 90.7 Å². The van der Waals surface area contributed by atoms with Crippen LogP contribution in [0.5, 0.6) is 5.75 Å². The monoisotopic (exact) mass is 496 g/mol. The Kier molecular flexibility index (Phi) is 7.51. The van der Waals surface area contributed by atoms with Crippen molar-refractivity contribution < 1.29 is 36.8 Å². The van der Waals surface area contributed by atoms with Crippen LogP contribution in [0.4, 0.5) is 18.9 Å². The molecule has 3 aromatic rings. The summed E-state index contributed by atoms with van der Waals surface area (Å²) in [6.45, 7) is 5.00. The fraction of sp³-hybridized carbons (Fsp3) is 0.261. The van der Waals surface area contributed by atoms with Gasteiger partial charge >= 0.3 is 12.1 Å². The van der Waals surface area contributed by atoms with E-state index in [-0.39, 0.29) is 22.9 Å². The van der Waals surface area contributed by atoms with E-state index in [4.69, 9.17) is 25.6 Å². The minimum atomic E-state index is -4.61. The Morgan fingerprint density at radius 1 is 1.18 bits per heavy atom. The van der Waals surface area contributed by atoms with E-state index in [9.17, 15) is 22.8 Å². The second-order valence-electron chi connectivity index (χ2n) is 7.35. The van der Waals surface area contributed by atoms with Gasteiger partial charge in [0.1, 0.15) is 18.1 Å². The van der Waals surface area contributed by atoms with Crippen molar-refractivity contribution in [2.45, 2.75) is 39.7 Å². The second kappa shape index (κ2) is 10.2. The van der Waals surface area contributed by atoms with E-state index >= 15 is 0 Å². The van der Waals surface area contributed by atoms with Crippen LogP contribution in [0.2, 0.25) is 5.02 Å². The lowest BCUT2D eigenvalue weighted by atomic mass is 10.2. The van der Waals surface area contributed by atoms with Gasteiger partial charge < -0.3 is 19.3 Å². The van der Waals surface area contributed by atoms with Gasteiger partial charge in [-0.15, -0.1) is 0 Å². The molecule has 0 saturated carbocycles. The quantitative estimate of drug-likeness (QED) is 0.420. The van der Waals surface area contributed by atoms with Gasteiger partial charge in [-0.25, -0.2) is 4.79 Å². The summed E-state index contributed by atoms with van der Waals surface area (Å²) in [4.78, 5) is 24.9. The first-order valence-corrected chi connectivity index (χ1v) is 10.4. The number of hydrogen-bond donors (Lipinski definition) is 1. The number of halogens is 4. The summed E-state index contributed by atoms with van der Waals surface area (Å²) in [5, 5.41) is 6.00. The summed E-state index contributed by atoms with van der Waals surface area (Å²) in [5.41, 5.74) is 0.359. The lowest BCUT2D eigenvalue weighted by Gasteiger charge is -2.16. The number of rotatable bonds is 7. The summed E-state index contributed by atoms with van der Waals surface area (Å²) in [5.74, 6) is -0.669. The molecule has 0 spiro atoms. The number of amides is 1. The van der Waals surface area contributed by atoms with Gasteiger partial charge in [0.05, 0.1) is 33.1 Å². The summed E-state index contributed by atoms with van der Waals surface area (Å²) in [6, 6.07) is 8.64. The van der Waals surface area contributed by atoms with Crippen LogP contribution >= 0.6 is 11.6 Å². The van der Waals surface area contributed by atoms with Crippen LogP contribution in [0, 0.1) is 13.8 Å². The molecule has 0 radical (unpaired) electrons. The molecule has 0 aliphatic carbocycles. The molecule has 180 valence electrons. The number of esters is 1. The Hall–Kier alpha value is -3.53. The number of nitrogens with one attached hydrogen (secondary N) is 1. The third kappa shape index (κ3) is 6.07. The SMILES string of the molecule is Cc1noc(C)c1COc1cccc(C(=O)O[C@H](C)C(=O)Nc2cc(C(F)(F)F)ccc2Cl)c1. The van der Waals surface area contributed by atoms with Crippen LogP contribution in [0.3, 0.4) is 0 Å². The zero-order valence-electron chi connectivity index (χ0n) is 18.3. The summed E-state index contributed by atoms with van der Waals surface area (Å²) in [6.07, 6.45) is -5.93. The van der Waals surface area contributed by atoms with Crippen LogP contribution in [-0.2, 0) is 22.3 Å². The maximum absolute atomic E-state index is 12.9. The van der Waals surface area contributed by atoms with Gasteiger partial charge in [-0.2, -0.15) is 13.2 Å². The highest BCUT2D eigenvalue weighted by atomic mass is 35.5. The van der Waals surface area contributed by atoms with E-state index in [1.165, 1.54) is 19.1 Å². The minimum absolute atomic E-state index is 0.0944. The second-order valence-corrected chi connectivity index (χ2v) is 7.76. The van der Waals surface area contributed by atoms with Crippen molar-refractivity contribution in [1.82, 2.24) is 5.16 Å². The number of alkyl halides is 3. The number of nitrogens with zero attached hydrogens (tertiary/aromatic N) is 1. The van der Waals surface area contributed by atoms with Gasteiger partial charge in [-0.1, -0.05) is 22.8 Å². The zero-order valence-corrected chi connectivity index (χ0v) is 19.1. The number of carbonyl (C=O) groups is 2. The van der Waals surface area contributed by atoms with Crippen molar-refractivity contribution in [3.05, 3.63) is 75.6 Å². The molecule has 11 heteroatoms. The third-order valence-electron chi connectivity index (χ3n) is 4.84. The highest BCUT2D eigenvalue weighted by molar-refractivity contribution is 6.33. The normalized spacial score (nSPS) is 12.2. The Bertz CT molecular complexity index is 1190. The van der Waals surface area contributed by atoms with Gasteiger partial charge in [0, 0.05) is 0 Å². The highest BCUT2D eigenvalue weighted by Crippen LogP contribution is 2.34. The number of aromatic nitrogens is 1. The van der Waals surface area contributed by atoms with Gasteiger partial charge in [0.2, 0.25) is 0 Å². The van der Waals surface area contributed by atoms with Gasteiger partial charge in [0.15, 0.2) is 6.10 Å². The van der Waals surface area contributed by atoms with Gasteiger partial charge in [0.25, 0.3) is 5.91 Å². The standard InChI is InChI=1S/C23H20ClF3N2O5/c1-12-18(13(2)34-29-12)11-32-17-6-4-5-15(9-17)22(31)33-14(3)21(30)28-20-10-16(23(25,26)27)7-8-19(20)24/h4-10,14H,11H2,1-3H3,(H,28,30)/t14-/m1/s1. The van der Waals surface area contributed by atoms with Crippen molar-refractivity contribution in [3.63, 3.8) is 0 Å². The molecule has 3 rings (SSSR count). The smallest absolute Gasteiger partial charge is 0.416 e. The predicted molar refractivity (Wildman–Crippen MR) is 117 cm³/mol. The molecule has 2 aromatic carbocycles. The average Bonchev–Trinajstić information content (AvgIpc) is 3.10. The fourth-order valence-corrected chi connectivity index (χ4v) is 3.05. The molecule has 7 nitrogen and oxygen atoms in total. The Morgan fingerprint density at radius 2 is 1.91 bits per heavy atom. The number of hydrogen-bond acceptors (Lipinski definition) is 6. The lowest BCUT2D eigenvalue weighted by Crippen LogP contribution is -2.30. The van der Waals surface area contributed by atoms with Gasteiger partial charge in [-0.05, 0) is 57.2 Å². The van der Waals surface area contributed by atoms with Crippen molar-refractivity contribution in [1.29, 1.82) is 0 Å². The third-order valence-corrected chi connectivity index (χ3v) is 5.17. The summed E-state index contributed by atoms with van der Waals surface area (Å²) in [7, 11) is 0. The molecule has 0 saturated heterocycles. The molecular weight excluding hydrogens is 477 g/mol. The summed E-state index contributed by atoms with van der Waals surface area (Å²) < 4.78 is 54.7. The highest BCUT2D eigenvalue weighted by Gasteiger charge is 2.31. The molecule has 1 N–H and O–H groups in total. The van der Waals surface area contributed by atoms with E-state index in [1.807, 2.05) is 0 Å². The first-order chi connectivity index (χ1) is 16.0. The molecule has 1 heterocycles. The number of aryl methyl sites for hydroxylation is 2. The lowest BCUT2D eigenvalue weighted by molar-refractivity contribution is -0.137. The van der Waals surface area contributed by atoms with Crippen molar-refractivity contribution in [2.24, 2.45) is 0 Å². The van der Waals surface area contributed by atoms with E-state index < -0.39 is 29.7 Å². The number of carbonyl (C=O) groups excluding carboxylic acids is 2. The maximum Gasteiger partial charge on any atom is 0.416 e. The van der Waals surface area contributed by atoms with E-state index in [2.05, 4.69) is 10.5 Å². The van der Waals surface area contributed by atoms with E-state index in [0.29, 0.717) is 23.3 Å². The zero-order chi connectivity index (χ0) is 25.0. The van der Waals surface area contributed by atoms with Crippen LogP contribution < -0.4 is 10.1 Å². The number of ether oxygens (including phenoxy) is 2.